The highest BCUT2D eigenvalue weighted by molar-refractivity contribution is 5.54. The van der Waals surface area contributed by atoms with E-state index in [2.05, 4.69) is 4.90 Å². The van der Waals surface area contributed by atoms with E-state index in [1.807, 2.05) is 20.2 Å². The zero-order valence-corrected chi connectivity index (χ0v) is 11.0. The molecule has 0 spiro atoms. The predicted molar refractivity (Wildman–Crippen MR) is 68.1 cm³/mol. The first-order valence-corrected chi connectivity index (χ1v) is 5.67. The second-order valence-corrected chi connectivity index (χ2v) is 4.22. The van der Waals surface area contributed by atoms with Crippen LogP contribution in [0.3, 0.4) is 0 Å². The maximum Gasteiger partial charge on any atom is 0.201 e. The van der Waals surface area contributed by atoms with Gasteiger partial charge in [0, 0.05) is 0 Å². The minimum atomic E-state index is 0.0809. The van der Waals surface area contributed by atoms with Gasteiger partial charge in [0.15, 0.2) is 11.5 Å². The van der Waals surface area contributed by atoms with Crippen LogP contribution in [0.25, 0.3) is 0 Å². The van der Waals surface area contributed by atoms with Gasteiger partial charge in [-0.15, -0.1) is 0 Å². The number of nitrogens with zero attached hydrogens (tertiary/aromatic N) is 1. The second kappa shape index (κ2) is 6.35. The van der Waals surface area contributed by atoms with Crippen LogP contribution in [-0.2, 0) is 6.42 Å². The summed E-state index contributed by atoms with van der Waals surface area (Å²) in [5.74, 6) is 1.04. The number of hydrogen-bond acceptors (Lipinski definition) is 4. The van der Waals surface area contributed by atoms with Gasteiger partial charge in [0.25, 0.3) is 0 Å². The second-order valence-electron chi connectivity index (χ2n) is 4.22. The van der Waals surface area contributed by atoms with Crippen molar-refractivity contribution in [2.24, 2.45) is 0 Å². The number of methoxy groups -OCH3 is 2. The van der Waals surface area contributed by atoms with Gasteiger partial charge in [-0.2, -0.15) is 0 Å². The third-order valence-corrected chi connectivity index (χ3v) is 2.65. The molecule has 0 aliphatic carbocycles. The van der Waals surface area contributed by atoms with Crippen molar-refractivity contribution in [3.05, 3.63) is 17.7 Å². The number of phenolic OH excluding ortho intramolecular Hbond substituents is 1. The fraction of sp³-hybridized carbons (Fsp3) is 0.538. The molecule has 1 aromatic carbocycles. The molecule has 0 unspecified atom stereocenters. The summed E-state index contributed by atoms with van der Waals surface area (Å²) in [5.41, 5.74) is 1.01. The average molecular weight is 239 g/mol. The molecule has 0 aromatic heterocycles. The van der Waals surface area contributed by atoms with Crippen LogP contribution in [0, 0.1) is 0 Å². The molecule has 0 amide bonds. The summed E-state index contributed by atoms with van der Waals surface area (Å²) in [7, 11) is 7.18. The Morgan fingerprint density at radius 1 is 1.18 bits per heavy atom. The predicted octanol–water partition coefficient (Wildman–Crippen LogP) is 1.90. The standard InChI is InChI=1S/C13H21NO3/c1-14(2)9-5-6-10-7-8-11(16-3)12(15)13(10)17-4/h7-8,15H,5-6,9H2,1-4H3. The van der Waals surface area contributed by atoms with Crippen LogP contribution in [0.4, 0.5) is 0 Å². The van der Waals surface area contributed by atoms with E-state index < -0.39 is 0 Å². The van der Waals surface area contributed by atoms with Gasteiger partial charge in [-0.25, -0.2) is 0 Å². The van der Waals surface area contributed by atoms with Gasteiger partial charge in [-0.3, -0.25) is 0 Å². The first-order chi connectivity index (χ1) is 8.10. The molecule has 0 atom stereocenters. The lowest BCUT2D eigenvalue weighted by Crippen LogP contribution is -2.13. The maximum atomic E-state index is 9.92. The molecular formula is C13H21NO3. The molecule has 4 heteroatoms. The Morgan fingerprint density at radius 2 is 1.88 bits per heavy atom. The summed E-state index contributed by atoms with van der Waals surface area (Å²) in [4.78, 5) is 2.13. The van der Waals surface area contributed by atoms with Gasteiger partial charge in [0.05, 0.1) is 14.2 Å². The van der Waals surface area contributed by atoms with Gasteiger partial charge in [0.1, 0.15) is 0 Å². The van der Waals surface area contributed by atoms with E-state index in [4.69, 9.17) is 9.47 Å². The molecule has 96 valence electrons. The first kappa shape index (κ1) is 13.6. The maximum absolute atomic E-state index is 9.92. The number of aromatic hydroxyl groups is 1. The molecule has 4 nitrogen and oxygen atoms in total. The van der Waals surface area contributed by atoms with Crippen molar-refractivity contribution in [3.63, 3.8) is 0 Å². The van der Waals surface area contributed by atoms with Crippen molar-refractivity contribution in [1.29, 1.82) is 0 Å². The summed E-state index contributed by atoms with van der Waals surface area (Å²) in [6.45, 7) is 1.01. The van der Waals surface area contributed by atoms with Crippen molar-refractivity contribution in [1.82, 2.24) is 4.90 Å². The number of ether oxygens (including phenoxy) is 2. The fourth-order valence-corrected chi connectivity index (χ4v) is 1.77. The highest BCUT2D eigenvalue weighted by Gasteiger charge is 2.13. The van der Waals surface area contributed by atoms with Crippen LogP contribution in [0.15, 0.2) is 12.1 Å². The lowest BCUT2D eigenvalue weighted by Gasteiger charge is -2.14. The number of aryl methyl sites for hydroxylation is 1. The minimum Gasteiger partial charge on any atom is -0.502 e. The zero-order chi connectivity index (χ0) is 12.8. The smallest absolute Gasteiger partial charge is 0.201 e. The summed E-state index contributed by atoms with van der Waals surface area (Å²) >= 11 is 0. The Balaban J connectivity index is 2.81. The fourth-order valence-electron chi connectivity index (χ4n) is 1.77. The Morgan fingerprint density at radius 3 is 2.41 bits per heavy atom. The molecular weight excluding hydrogens is 218 g/mol. The lowest BCUT2D eigenvalue weighted by atomic mass is 10.1. The first-order valence-electron chi connectivity index (χ1n) is 5.67. The summed E-state index contributed by atoms with van der Waals surface area (Å²) in [5, 5.41) is 9.92. The van der Waals surface area contributed by atoms with Gasteiger partial charge >= 0.3 is 0 Å². The van der Waals surface area contributed by atoms with E-state index in [1.54, 1.807) is 13.2 Å². The quantitative estimate of drug-likeness (QED) is 0.823. The van der Waals surface area contributed by atoms with E-state index in [0.717, 1.165) is 24.9 Å². The molecule has 0 bridgehead atoms. The molecule has 1 N–H and O–H groups in total. The third kappa shape index (κ3) is 3.53. The van der Waals surface area contributed by atoms with Crippen LogP contribution in [0.2, 0.25) is 0 Å². The number of phenols is 1. The Hall–Kier alpha value is -1.42. The normalized spacial score (nSPS) is 10.6. The zero-order valence-electron chi connectivity index (χ0n) is 11.0. The summed E-state index contributed by atoms with van der Waals surface area (Å²) in [6, 6.07) is 3.70. The SMILES string of the molecule is COc1ccc(CCCN(C)C)c(OC)c1O. The molecule has 1 aromatic rings. The molecule has 0 aliphatic rings. The number of hydrogen-bond donors (Lipinski definition) is 1. The van der Waals surface area contributed by atoms with E-state index >= 15 is 0 Å². The molecule has 1 rings (SSSR count). The van der Waals surface area contributed by atoms with Gasteiger partial charge in [-0.1, -0.05) is 6.07 Å². The lowest BCUT2D eigenvalue weighted by molar-refractivity contribution is 0.336. The minimum absolute atomic E-state index is 0.0809. The van der Waals surface area contributed by atoms with Crippen LogP contribution in [0.5, 0.6) is 17.2 Å². The van der Waals surface area contributed by atoms with Crippen molar-refractivity contribution >= 4 is 0 Å². The van der Waals surface area contributed by atoms with Crippen LogP contribution in [-0.4, -0.2) is 44.9 Å². The summed E-state index contributed by atoms with van der Waals surface area (Å²) in [6.07, 6.45) is 1.90. The molecule has 0 heterocycles. The largest absolute Gasteiger partial charge is 0.502 e. The van der Waals surface area contributed by atoms with Crippen molar-refractivity contribution in [2.75, 3.05) is 34.9 Å². The van der Waals surface area contributed by atoms with E-state index in [-0.39, 0.29) is 5.75 Å². The van der Waals surface area contributed by atoms with Crippen LogP contribution >= 0.6 is 0 Å². The Kier molecular flexibility index (Phi) is 5.10. The Bertz CT molecular complexity index is 364. The molecule has 0 fully saturated rings. The van der Waals surface area contributed by atoms with Crippen molar-refractivity contribution in [2.45, 2.75) is 12.8 Å². The van der Waals surface area contributed by atoms with Crippen LogP contribution < -0.4 is 9.47 Å². The number of rotatable bonds is 6. The van der Waals surface area contributed by atoms with Crippen molar-refractivity contribution < 1.29 is 14.6 Å². The molecule has 17 heavy (non-hydrogen) atoms. The van der Waals surface area contributed by atoms with E-state index in [1.165, 1.54) is 7.11 Å². The van der Waals surface area contributed by atoms with Crippen LogP contribution in [0.1, 0.15) is 12.0 Å². The van der Waals surface area contributed by atoms with E-state index in [0.29, 0.717) is 11.5 Å². The Labute approximate surface area is 103 Å². The molecule has 0 saturated carbocycles. The number of benzene rings is 1. The molecule has 0 saturated heterocycles. The topological polar surface area (TPSA) is 41.9 Å². The summed E-state index contributed by atoms with van der Waals surface area (Å²) < 4.78 is 10.3. The molecule has 0 aliphatic heterocycles. The van der Waals surface area contributed by atoms with E-state index in [9.17, 15) is 5.11 Å². The molecule has 0 radical (unpaired) electrons. The van der Waals surface area contributed by atoms with Crippen molar-refractivity contribution in [3.8, 4) is 17.2 Å². The highest BCUT2D eigenvalue weighted by Crippen LogP contribution is 2.39. The van der Waals surface area contributed by atoms with Gasteiger partial charge in [0.2, 0.25) is 5.75 Å². The third-order valence-electron chi connectivity index (χ3n) is 2.65. The highest BCUT2D eigenvalue weighted by atomic mass is 16.5. The van der Waals surface area contributed by atoms with Gasteiger partial charge < -0.3 is 19.5 Å². The van der Waals surface area contributed by atoms with Gasteiger partial charge in [-0.05, 0) is 45.1 Å². The average Bonchev–Trinajstić information content (AvgIpc) is 2.29. The monoisotopic (exact) mass is 239 g/mol.